The summed E-state index contributed by atoms with van der Waals surface area (Å²) in [5.74, 6) is -1.10. The molecule has 2 atom stereocenters. The number of carboxylic acid groups (broad SMARTS) is 1. The molecule has 21 heavy (non-hydrogen) atoms. The first-order valence-corrected chi connectivity index (χ1v) is 7.71. The summed E-state index contributed by atoms with van der Waals surface area (Å²) in [6, 6.07) is 6.94. The smallest absolute Gasteiger partial charge is 0.327 e. The van der Waals surface area contributed by atoms with Crippen LogP contribution in [0.25, 0.3) is 0 Å². The number of aliphatic carboxylic acids is 1. The molecule has 1 aromatic carbocycles. The van der Waals surface area contributed by atoms with Crippen LogP contribution in [0, 0.1) is 5.92 Å². The lowest BCUT2D eigenvalue weighted by molar-refractivity contribution is -0.141. The van der Waals surface area contributed by atoms with Crippen molar-refractivity contribution in [3.05, 3.63) is 35.4 Å². The lowest BCUT2D eigenvalue weighted by atomic mass is 9.96. The Kier molecular flexibility index (Phi) is 6.75. The van der Waals surface area contributed by atoms with E-state index in [1.54, 1.807) is 6.92 Å². The normalized spacial score (nSPS) is 13.8. The van der Waals surface area contributed by atoms with Gasteiger partial charge in [-0.05, 0) is 30.4 Å². The molecule has 5 heteroatoms. The lowest BCUT2D eigenvalue weighted by Gasteiger charge is -2.17. The number of hydrogen-bond acceptors (Lipinski definition) is 3. The van der Waals surface area contributed by atoms with Gasteiger partial charge in [0.2, 0.25) is 5.91 Å². The van der Waals surface area contributed by atoms with E-state index in [-0.39, 0.29) is 17.6 Å². The molecule has 2 N–H and O–H groups in total. The summed E-state index contributed by atoms with van der Waals surface area (Å²) in [7, 11) is 0. The van der Waals surface area contributed by atoms with Gasteiger partial charge in [-0.1, -0.05) is 38.1 Å². The first kappa shape index (κ1) is 17.6. The van der Waals surface area contributed by atoms with E-state index in [1.807, 2.05) is 24.3 Å². The highest BCUT2D eigenvalue weighted by Gasteiger charge is 2.22. The summed E-state index contributed by atoms with van der Waals surface area (Å²) < 4.78 is 0. The van der Waals surface area contributed by atoms with Gasteiger partial charge >= 0.3 is 5.97 Å². The Hall–Kier alpha value is -1.49. The molecule has 0 aliphatic rings. The summed E-state index contributed by atoms with van der Waals surface area (Å²) in [6.07, 6.45) is 1.00. The van der Waals surface area contributed by atoms with Crippen LogP contribution in [0.2, 0.25) is 0 Å². The van der Waals surface area contributed by atoms with Gasteiger partial charge in [0.05, 0.1) is 5.92 Å². The van der Waals surface area contributed by atoms with Crippen LogP contribution in [-0.2, 0) is 16.0 Å². The molecule has 0 radical (unpaired) electrons. The third kappa shape index (κ3) is 5.42. The largest absolute Gasteiger partial charge is 0.480 e. The second-order valence-electron chi connectivity index (χ2n) is 5.64. The highest BCUT2D eigenvalue weighted by molar-refractivity contribution is 7.80. The van der Waals surface area contributed by atoms with Gasteiger partial charge < -0.3 is 10.4 Å². The molecule has 1 amide bonds. The number of carbonyl (C=O) groups excluding carboxylic acids is 1. The van der Waals surface area contributed by atoms with Crippen molar-refractivity contribution in [3.63, 3.8) is 0 Å². The summed E-state index contributed by atoms with van der Waals surface area (Å²) in [5, 5.41) is 11.4. The molecule has 0 aliphatic heterocycles. The van der Waals surface area contributed by atoms with E-state index in [1.165, 1.54) is 5.56 Å². The van der Waals surface area contributed by atoms with Crippen LogP contribution in [0.4, 0.5) is 0 Å². The van der Waals surface area contributed by atoms with Crippen molar-refractivity contribution >= 4 is 24.5 Å². The molecular formula is C16H23NO3S. The van der Waals surface area contributed by atoms with E-state index in [0.717, 1.165) is 12.0 Å². The molecule has 1 rings (SSSR count). The monoisotopic (exact) mass is 309 g/mol. The number of thiol groups is 1. The predicted molar refractivity (Wildman–Crippen MR) is 86.8 cm³/mol. The number of amides is 1. The van der Waals surface area contributed by atoms with Gasteiger partial charge in [0.1, 0.15) is 6.04 Å². The van der Waals surface area contributed by atoms with E-state index in [0.29, 0.717) is 5.92 Å². The minimum atomic E-state index is -1.07. The van der Waals surface area contributed by atoms with Crippen molar-refractivity contribution in [3.8, 4) is 0 Å². The van der Waals surface area contributed by atoms with Crippen molar-refractivity contribution in [2.45, 2.75) is 39.2 Å². The van der Waals surface area contributed by atoms with Gasteiger partial charge in [0.15, 0.2) is 0 Å². The SMILES string of the molecule is CC(C)Cc1ccc([C@@H](C)C(=O)NC(CS)C(=O)O)cc1. The first-order chi connectivity index (χ1) is 9.85. The number of carbonyl (C=O) groups is 2. The minimum Gasteiger partial charge on any atom is -0.480 e. The Labute approximate surface area is 131 Å². The van der Waals surface area contributed by atoms with Crippen LogP contribution < -0.4 is 5.32 Å². The average molecular weight is 309 g/mol. The van der Waals surface area contributed by atoms with Gasteiger partial charge in [0.25, 0.3) is 0 Å². The molecule has 0 bridgehead atoms. The number of carboxylic acids is 1. The van der Waals surface area contributed by atoms with E-state index in [2.05, 4.69) is 31.8 Å². The Morgan fingerprint density at radius 1 is 1.19 bits per heavy atom. The fourth-order valence-electron chi connectivity index (χ4n) is 2.05. The Morgan fingerprint density at radius 2 is 1.76 bits per heavy atom. The van der Waals surface area contributed by atoms with Crippen molar-refractivity contribution in [2.75, 3.05) is 5.75 Å². The van der Waals surface area contributed by atoms with Crippen LogP contribution in [-0.4, -0.2) is 28.8 Å². The van der Waals surface area contributed by atoms with Crippen molar-refractivity contribution in [2.24, 2.45) is 5.92 Å². The molecule has 0 spiro atoms. The maximum Gasteiger partial charge on any atom is 0.327 e. The third-order valence-corrected chi connectivity index (χ3v) is 3.68. The number of rotatable bonds is 7. The fourth-order valence-corrected chi connectivity index (χ4v) is 2.29. The van der Waals surface area contributed by atoms with E-state index < -0.39 is 12.0 Å². The molecule has 0 saturated carbocycles. The van der Waals surface area contributed by atoms with Crippen LogP contribution in [0.1, 0.15) is 37.8 Å². The third-order valence-electron chi connectivity index (χ3n) is 3.31. The molecule has 0 aromatic heterocycles. The van der Waals surface area contributed by atoms with Crippen LogP contribution in [0.3, 0.4) is 0 Å². The van der Waals surface area contributed by atoms with Crippen molar-refractivity contribution in [1.82, 2.24) is 5.32 Å². The van der Waals surface area contributed by atoms with Crippen molar-refractivity contribution < 1.29 is 14.7 Å². The molecule has 1 aromatic rings. The predicted octanol–water partition coefficient (Wildman–Crippen LogP) is 2.49. The summed E-state index contributed by atoms with van der Waals surface area (Å²) in [6.45, 7) is 6.09. The van der Waals surface area contributed by atoms with Gasteiger partial charge in [-0.3, -0.25) is 4.79 Å². The van der Waals surface area contributed by atoms with Gasteiger partial charge in [-0.2, -0.15) is 12.6 Å². The second kappa shape index (κ2) is 8.08. The quantitative estimate of drug-likeness (QED) is 0.678. The molecule has 0 fully saturated rings. The molecule has 116 valence electrons. The maximum atomic E-state index is 12.1. The molecule has 1 unspecified atom stereocenters. The summed E-state index contributed by atoms with van der Waals surface area (Å²) >= 11 is 3.93. The Morgan fingerprint density at radius 3 is 2.19 bits per heavy atom. The average Bonchev–Trinajstić information content (AvgIpc) is 2.43. The van der Waals surface area contributed by atoms with Crippen LogP contribution >= 0.6 is 12.6 Å². The maximum absolute atomic E-state index is 12.1. The zero-order valence-corrected chi connectivity index (χ0v) is 13.6. The van der Waals surface area contributed by atoms with Gasteiger partial charge in [-0.25, -0.2) is 4.79 Å². The van der Waals surface area contributed by atoms with Crippen LogP contribution in [0.15, 0.2) is 24.3 Å². The number of nitrogens with one attached hydrogen (secondary N) is 1. The molecular weight excluding hydrogens is 286 g/mol. The number of benzene rings is 1. The lowest BCUT2D eigenvalue weighted by Crippen LogP contribution is -2.43. The van der Waals surface area contributed by atoms with E-state index in [4.69, 9.17) is 5.11 Å². The van der Waals surface area contributed by atoms with Crippen LogP contribution in [0.5, 0.6) is 0 Å². The highest BCUT2D eigenvalue weighted by Crippen LogP contribution is 2.18. The van der Waals surface area contributed by atoms with E-state index >= 15 is 0 Å². The first-order valence-electron chi connectivity index (χ1n) is 7.08. The van der Waals surface area contributed by atoms with Gasteiger partial charge in [-0.15, -0.1) is 0 Å². The Bertz CT molecular complexity index is 485. The van der Waals surface area contributed by atoms with Crippen molar-refractivity contribution in [1.29, 1.82) is 0 Å². The summed E-state index contributed by atoms with van der Waals surface area (Å²) in [4.78, 5) is 23.0. The zero-order valence-electron chi connectivity index (χ0n) is 12.7. The second-order valence-corrected chi connectivity index (χ2v) is 6.01. The Balaban J connectivity index is 2.71. The highest BCUT2D eigenvalue weighted by atomic mass is 32.1. The molecule has 0 heterocycles. The van der Waals surface area contributed by atoms with E-state index in [9.17, 15) is 9.59 Å². The zero-order chi connectivity index (χ0) is 16.0. The van der Waals surface area contributed by atoms with Gasteiger partial charge in [0, 0.05) is 5.75 Å². The number of hydrogen-bond donors (Lipinski definition) is 3. The minimum absolute atomic E-state index is 0.0706. The fraction of sp³-hybridized carbons (Fsp3) is 0.500. The topological polar surface area (TPSA) is 66.4 Å². The molecule has 0 aliphatic carbocycles. The summed E-state index contributed by atoms with van der Waals surface area (Å²) in [5.41, 5.74) is 2.11. The molecule has 4 nitrogen and oxygen atoms in total. The standard InChI is InChI=1S/C16H23NO3S/c1-10(2)8-12-4-6-13(7-5-12)11(3)15(18)17-14(9-21)16(19)20/h4-7,10-11,14,21H,8-9H2,1-3H3,(H,17,18)(H,19,20)/t11-,14?/m1/s1. The molecule has 0 saturated heterocycles.